The fourth-order valence-electron chi connectivity index (χ4n) is 1.86. The van der Waals surface area contributed by atoms with Gasteiger partial charge in [-0.15, -0.1) is 0 Å². The van der Waals surface area contributed by atoms with Crippen molar-refractivity contribution >= 4 is 5.76 Å². The molecule has 1 atom stereocenters. The van der Waals surface area contributed by atoms with E-state index in [4.69, 9.17) is 9.47 Å². The SMILES string of the molecule is COC1=C[C@H](C)c2ccc(OC)cc21. The van der Waals surface area contributed by atoms with E-state index >= 15 is 0 Å². The van der Waals surface area contributed by atoms with Gasteiger partial charge in [0.2, 0.25) is 0 Å². The molecule has 1 aliphatic rings. The lowest BCUT2D eigenvalue weighted by atomic mass is 10.0. The second-order valence-corrected chi connectivity index (χ2v) is 3.48. The Hall–Kier alpha value is -1.44. The smallest absolute Gasteiger partial charge is 0.123 e. The molecule has 2 nitrogen and oxygen atoms in total. The number of allylic oxidation sites excluding steroid dienone is 1. The van der Waals surface area contributed by atoms with E-state index in [-0.39, 0.29) is 0 Å². The highest BCUT2D eigenvalue weighted by Gasteiger charge is 2.20. The van der Waals surface area contributed by atoms with Crippen molar-refractivity contribution in [1.29, 1.82) is 0 Å². The molecule has 0 unspecified atom stereocenters. The molecular formula is C12H14O2. The first kappa shape index (κ1) is 9.13. The van der Waals surface area contributed by atoms with Gasteiger partial charge in [0.25, 0.3) is 0 Å². The van der Waals surface area contributed by atoms with Crippen LogP contribution in [0.2, 0.25) is 0 Å². The number of ether oxygens (including phenoxy) is 2. The molecule has 0 fully saturated rings. The monoisotopic (exact) mass is 190 g/mol. The van der Waals surface area contributed by atoms with E-state index in [1.807, 2.05) is 12.1 Å². The molecule has 0 aliphatic heterocycles. The number of rotatable bonds is 2. The fourth-order valence-corrected chi connectivity index (χ4v) is 1.86. The Morgan fingerprint density at radius 2 is 1.93 bits per heavy atom. The summed E-state index contributed by atoms with van der Waals surface area (Å²) in [6.45, 7) is 2.16. The molecule has 1 aliphatic carbocycles. The van der Waals surface area contributed by atoms with Crippen molar-refractivity contribution in [3.05, 3.63) is 35.4 Å². The van der Waals surface area contributed by atoms with Crippen LogP contribution in [0.5, 0.6) is 5.75 Å². The van der Waals surface area contributed by atoms with Crippen molar-refractivity contribution in [3.63, 3.8) is 0 Å². The highest BCUT2D eigenvalue weighted by molar-refractivity contribution is 5.71. The highest BCUT2D eigenvalue weighted by Crippen LogP contribution is 2.37. The van der Waals surface area contributed by atoms with Gasteiger partial charge in [-0.1, -0.05) is 13.0 Å². The van der Waals surface area contributed by atoms with E-state index in [0.29, 0.717) is 5.92 Å². The second-order valence-electron chi connectivity index (χ2n) is 3.48. The van der Waals surface area contributed by atoms with Gasteiger partial charge in [0.1, 0.15) is 11.5 Å². The molecule has 1 aromatic carbocycles. The van der Waals surface area contributed by atoms with Crippen molar-refractivity contribution in [2.45, 2.75) is 12.8 Å². The minimum absolute atomic E-state index is 0.436. The van der Waals surface area contributed by atoms with E-state index in [1.54, 1.807) is 14.2 Å². The van der Waals surface area contributed by atoms with Crippen LogP contribution >= 0.6 is 0 Å². The summed E-state index contributed by atoms with van der Waals surface area (Å²) in [5.41, 5.74) is 2.46. The predicted octanol–water partition coefficient (Wildman–Crippen LogP) is 2.80. The van der Waals surface area contributed by atoms with Gasteiger partial charge in [-0.05, 0) is 23.8 Å². The van der Waals surface area contributed by atoms with Crippen LogP contribution in [0.25, 0.3) is 5.76 Å². The highest BCUT2D eigenvalue weighted by atomic mass is 16.5. The average Bonchev–Trinajstić information content (AvgIpc) is 2.55. The third-order valence-corrected chi connectivity index (χ3v) is 2.64. The molecule has 0 bridgehead atoms. The summed E-state index contributed by atoms with van der Waals surface area (Å²) in [5, 5.41) is 0. The van der Waals surface area contributed by atoms with Crippen LogP contribution in [-0.4, -0.2) is 14.2 Å². The summed E-state index contributed by atoms with van der Waals surface area (Å²) in [5.74, 6) is 2.26. The predicted molar refractivity (Wildman–Crippen MR) is 56.4 cm³/mol. The fraction of sp³-hybridized carbons (Fsp3) is 0.333. The largest absolute Gasteiger partial charge is 0.497 e. The van der Waals surface area contributed by atoms with Gasteiger partial charge >= 0.3 is 0 Å². The van der Waals surface area contributed by atoms with Crippen LogP contribution in [-0.2, 0) is 4.74 Å². The van der Waals surface area contributed by atoms with Gasteiger partial charge < -0.3 is 9.47 Å². The molecule has 2 rings (SSSR count). The minimum atomic E-state index is 0.436. The van der Waals surface area contributed by atoms with Crippen LogP contribution in [0, 0.1) is 0 Å². The van der Waals surface area contributed by atoms with Crippen LogP contribution < -0.4 is 4.74 Å². The first-order valence-corrected chi connectivity index (χ1v) is 4.70. The average molecular weight is 190 g/mol. The number of hydrogen-bond acceptors (Lipinski definition) is 2. The van der Waals surface area contributed by atoms with Crippen molar-refractivity contribution < 1.29 is 9.47 Å². The lowest BCUT2D eigenvalue weighted by Gasteiger charge is -2.07. The third-order valence-electron chi connectivity index (χ3n) is 2.64. The Morgan fingerprint density at radius 3 is 2.57 bits per heavy atom. The van der Waals surface area contributed by atoms with Crippen LogP contribution in [0.15, 0.2) is 24.3 Å². The van der Waals surface area contributed by atoms with E-state index < -0.39 is 0 Å². The van der Waals surface area contributed by atoms with Crippen LogP contribution in [0.4, 0.5) is 0 Å². The summed E-state index contributed by atoms with van der Waals surface area (Å²) in [4.78, 5) is 0. The Labute approximate surface area is 84.2 Å². The summed E-state index contributed by atoms with van der Waals surface area (Å²) >= 11 is 0. The molecular weight excluding hydrogens is 176 g/mol. The maximum Gasteiger partial charge on any atom is 0.123 e. The minimum Gasteiger partial charge on any atom is -0.497 e. The second kappa shape index (κ2) is 3.37. The summed E-state index contributed by atoms with van der Waals surface area (Å²) in [6, 6.07) is 6.11. The summed E-state index contributed by atoms with van der Waals surface area (Å²) in [6.07, 6.45) is 2.13. The van der Waals surface area contributed by atoms with Gasteiger partial charge in [-0.2, -0.15) is 0 Å². The molecule has 1 aromatic rings. The van der Waals surface area contributed by atoms with E-state index in [9.17, 15) is 0 Å². The summed E-state index contributed by atoms with van der Waals surface area (Å²) < 4.78 is 10.5. The molecule has 0 radical (unpaired) electrons. The van der Waals surface area contributed by atoms with Crippen molar-refractivity contribution in [1.82, 2.24) is 0 Å². The summed E-state index contributed by atoms with van der Waals surface area (Å²) in [7, 11) is 3.38. The molecule has 0 heterocycles. The zero-order valence-electron chi connectivity index (χ0n) is 8.70. The molecule has 0 N–H and O–H groups in total. The first-order chi connectivity index (χ1) is 6.76. The van der Waals surface area contributed by atoms with Crippen LogP contribution in [0.3, 0.4) is 0 Å². The molecule has 0 saturated carbocycles. The van der Waals surface area contributed by atoms with Crippen molar-refractivity contribution in [2.24, 2.45) is 0 Å². The van der Waals surface area contributed by atoms with Gasteiger partial charge in [-0.25, -0.2) is 0 Å². The molecule has 0 amide bonds. The van der Waals surface area contributed by atoms with Crippen LogP contribution in [0.1, 0.15) is 24.0 Å². The molecule has 2 heteroatoms. The molecule has 0 aromatic heterocycles. The Bertz CT molecular complexity index is 380. The van der Waals surface area contributed by atoms with E-state index in [0.717, 1.165) is 17.1 Å². The standard InChI is InChI=1S/C12H14O2/c1-8-6-12(14-3)11-7-9(13-2)4-5-10(8)11/h4-8H,1-3H3/t8-/m0/s1. The van der Waals surface area contributed by atoms with Gasteiger partial charge in [-0.3, -0.25) is 0 Å². The zero-order chi connectivity index (χ0) is 10.1. The molecule has 0 saturated heterocycles. The lowest BCUT2D eigenvalue weighted by Crippen LogP contribution is -1.91. The topological polar surface area (TPSA) is 18.5 Å². The third kappa shape index (κ3) is 1.27. The molecule has 0 spiro atoms. The van der Waals surface area contributed by atoms with Crippen molar-refractivity contribution in [3.8, 4) is 5.75 Å². The normalized spacial score (nSPS) is 18.8. The quantitative estimate of drug-likeness (QED) is 0.714. The lowest BCUT2D eigenvalue weighted by molar-refractivity contribution is 0.370. The van der Waals surface area contributed by atoms with Crippen molar-refractivity contribution in [2.75, 3.05) is 14.2 Å². The molecule has 74 valence electrons. The van der Waals surface area contributed by atoms with Gasteiger partial charge in [0.15, 0.2) is 0 Å². The van der Waals surface area contributed by atoms with E-state index in [2.05, 4.69) is 19.1 Å². The molecule has 14 heavy (non-hydrogen) atoms. The Morgan fingerprint density at radius 1 is 1.14 bits per heavy atom. The Balaban J connectivity index is 2.49. The van der Waals surface area contributed by atoms with E-state index in [1.165, 1.54) is 5.56 Å². The Kier molecular flexibility index (Phi) is 2.20. The zero-order valence-corrected chi connectivity index (χ0v) is 8.70. The maximum atomic E-state index is 5.31. The number of benzene rings is 1. The van der Waals surface area contributed by atoms with Gasteiger partial charge in [0, 0.05) is 11.5 Å². The number of hydrogen-bond donors (Lipinski definition) is 0. The van der Waals surface area contributed by atoms with Gasteiger partial charge in [0.05, 0.1) is 14.2 Å². The first-order valence-electron chi connectivity index (χ1n) is 4.70. The number of methoxy groups -OCH3 is 2. The number of fused-ring (bicyclic) bond motifs is 1. The maximum absolute atomic E-state index is 5.31.